The van der Waals surface area contributed by atoms with Crippen LogP contribution >= 0.6 is 11.6 Å². The summed E-state index contributed by atoms with van der Waals surface area (Å²) in [5.74, 6) is -0.378. The highest BCUT2D eigenvalue weighted by Crippen LogP contribution is 2.35. The molecule has 1 atom stereocenters. The van der Waals surface area contributed by atoms with Crippen molar-refractivity contribution in [3.8, 4) is 0 Å². The number of nitrogens with zero attached hydrogens (tertiary/aromatic N) is 3. The molecule has 1 amide bonds. The van der Waals surface area contributed by atoms with Gasteiger partial charge in [0.2, 0.25) is 0 Å². The first kappa shape index (κ1) is 19.1. The van der Waals surface area contributed by atoms with Gasteiger partial charge in [0.1, 0.15) is 5.71 Å². The lowest BCUT2D eigenvalue weighted by molar-refractivity contribution is -0.110. The fourth-order valence-electron chi connectivity index (χ4n) is 3.12. The molecule has 142 valence electrons. The van der Waals surface area contributed by atoms with Gasteiger partial charge in [-0.3, -0.25) is 4.79 Å². The van der Waals surface area contributed by atoms with E-state index in [1.54, 1.807) is 24.3 Å². The van der Waals surface area contributed by atoms with Crippen LogP contribution in [0.15, 0.2) is 29.4 Å². The van der Waals surface area contributed by atoms with Gasteiger partial charge in [-0.2, -0.15) is 17.0 Å². The SMILES string of the molecule is CN(C)S(=O)(=O)N1CCCC2(CC(C(=O)Nc3cccc(Cl)c3)=NO2)C1. The van der Waals surface area contributed by atoms with Crippen molar-refractivity contribution in [2.24, 2.45) is 5.16 Å². The van der Waals surface area contributed by atoms with Crippen LogP contribution in [-0.2, 0) is 19.8 Å². The van der Waals surface area contributed by atoms with Crippen molar-refractivity contribution in [3.63, 3.8) is 0 Å². The predicted octanol–water partition coefficient (Wildman–Crippen LogP) is 1.70. The van der Waals surface area contributed by atoms with Crippen LogP contribution in [0, 0.1) is 0 Å². The molecule has 10 heteroatoms. The molecule has 1 saturated heterocycles. The van der Waals surface area contributed by atoms with Gasteiger partial charge in [-0.15, -0.1) is 0 Å². The molecule has 1 spiro atoms. The monoisotopic (exact) mass is 400 g/mol. The zero-order valence-corrected chi connectivity index (χ0v) is 16.2. The Labute approximate surface area is 157 Å². The minimum atomic E-state index is -3.53. The van der Waals surface area contributed by atoms with Gasteiger partial charge >= 0.3 is 0 Å². The molecule has 2 aliphatic heterocycles. The number of carbonyl (C=O) groups is 1. The molecule has 3 rings (SSSR count). The first-order valence-electron chi connectivity index (χ1n) is 8.21. The fourth-order valence-corrected chi connectivity index (χ4v) is 4.53. The Bertz CT molecular complexity index is 842. The Hall–Kier alpha value is -1.68. The van der Waals surface area contributed by atoms with Gasteiger partial charge in [0.25, 0.3) is 16.1 Å². The summed E-state index contributed by atoms with van der Waals surface area (Å²) in [6.45, 7) is 0.598. The van der Waals surface area contributed by atoms with E-state index in [9.17, 15) is 13.2 Å². The number of amides is 1. The average molecular weight is 401 g/mol. The number of hydrogen-bond donors (Lipinski definition) is 1. The normalized spacial score (nSPS) is 23.8. The lowest BCUT2D eigenvalue weighted by Gasteiger charge is -2.38. The largest absolute Gasteiger partial charge is 0.387 e. The number of halogens is 1. The molecule has 1 aromatic rings. The number of rotatable bonds is 4. The third-order valence-electron chi connectivity index (χ3n) is 4.48. The summed E-state index contributed by atoms with van der Waals surface area (Å²) in [5.41, 5.74) is 0.0168. The molecule has 0 saturated carbocycles. The van der Waals surface area contributed by atoms with E-state index in [-0.39, 0.29) is 24.6 Å². The van der Waals surface area contributed by atoms with Crippen molar-refractivity contribution in [2.75, 3.05) is 32.5 Å². The second-order valence-electron chi connectivity index (χ2n) is 6.68. The van der Waals surface area contributed by atoms with Gasteiger partial charge in [-0.05, 0) is 31.0 Å². The summed E-state index contributed by atoms with van der Waals surface area (Å²) in [6.07, 6.45) is 1.55. The molecule has 2 heterocycles. The fraction of sp³-hybridized carbons (Fsp3) is 0.500. The van der Waals surface area contributed by atoms with Crippen LogP contribution in [0.1, 0.15) is 19.3 Å². The highest BCUT2D eigenvalue weighted by Gasteiger charge is 2.47. The van der Waals surface area contributed by atoms with Gasteiger partial charge in [0.05, 0.1) is 6.54 Å². The van der Waals surface area contributed by atoms with Crippen LogP contribution in [0.2, 0.25) is 5.02 Å². The van der Waals surface area contributed by atoms with Crippen LogP contribution < -0.4 is 5.32 Å². The van der Waals surface area contributed by atoms with Gasteiger partial charge < -0.3 is 10.2 Å². The molecule has 1 N–H and O–H groups in total. The minimum absolute atomic E-state index is 0.172. The number of benzene rings is 1. The highest BCUT2D eigenvalue weighted by molar-refractivity contribution is 7.86. The average Bonchev–Trinajstić information content (AvgIpc) is 2.98. The molecule has 1 fully saturated rings. The number of piperidine rings is 1. The number of oxime groups is 1. The Morgan fingerprint density at radius 1 is 1.42 bits per heavy atom. The first-order valence-corrected chi connectivity index (χ1v) is 9.99. The van der Waals surface area contributed by atoms with Crippen LogP contribution in [0.4, 0.5) is 5.69 Å². The Balaban J connectivity index is 1.67. The second-order valence-corrected chi connectivity index (χ2v) is 9.26. The lowest BCUT2D eigenvalue weighted by atomic mass is 9.89. The van der Waals surface area contributed by atoms with E-state index in [1.165, 1.54) is 22.7 Å². The molecule has 26 heavy (non-hydrogen) atoms. The third-order valence-corrected chi connectivity index (χ3v) is 6.60. The Kier molecular flexibility index (Phi) is 5.25. The molecular weight excluding hydrogens is 380 g/mol. The minimum Gasteiger partial charge on any atom is -0.387 e. The predicted molar refractivity (Wildman–Crippen MR) is 99.4 cm³/mol. The molecule has 1 unspecified atom stereocenters. The van der Waals surface area contributed by atoms with Crippen molar-refractivity contribution >= 4 is 39.1 Å². The maximum atomic E-state index is 12.4. The molecule has 8 nitrogen and oxygen atoms in total. The Morgan fingerprint density at radius 2 is 2.19 bits per heavy atom. The van der Waals surface area contributed by atoms with E-state index in [1.807, 2.05) is 0 Å². The third kappa shape index (κ3) is 3.85. The summed E-state index contributed by atoms with van der Waals surface area (Å²) in [5, 5.41) is 7.18. The van der Waals surface area contributed by atoms with Crippen molar-refractivity contribution < 1.29 is 18.0 Å². The zero-order valence-electron chi connectivity index (χ0n) is 14.6. The number of hydrogen-bond acceptors (Lipinski definition) is 5. The second kappa shape index (κ2) is 7.15. The van der Waals surface area contributed by atoms with Crippen LogP contribution in [0.3, 0.4) is 0 Å². The van der Waals surface area contributed by atoms with Crippen molar-refractivity contribution in [2.45, 2.75) is 24.9 Å². The van der Waals surface area contributed by atoms with Gasteiger partial charge in [-0.25, -0.2) is 0 Å². The van der Waals surface area contributed by atoms with E-state index < -0.39 is 15.8 Å². The number of anilines is 1. The van der Waals surface area contributed by atoms with Crippen molar-refractivity contribution in [3.05, 3.63) is 29.3 Å². The maximum Gasteiger partial charge on any atom is 0.281 e. The van der Waals surface area contributed by atoms with E-state index in [2.05, 4.69) is 10.5 Å². The highest BCUT2D eigenvalue weighted by atomic mass is 35.5. The quantitative estimate of drug-likeness (QED) is 0.832. The molecule has 2 aliphatic rings. The molecular formula is C16H21ClN4O4S. The van der Waals surface area contributed by atoms with Crippen LogP contribution in [-0.4, -0.2) is 61.4 Å². The summed E-state index contributed by atoms with van der Waals surface area (Å²) in [7, 11) is -0.549. The zero-order chi connectivity index (χ0) is 18.9. The van der Waals surface area contributed by atoms with Crippen molar-refractivity contribution in [1.82, 2.24) is 8.61 Å². The first-order chi connectivity index (χ1) is 12.2. The van der Waals surface area contributed by atoms with Gasteiger partial charge in [-0.1, -0.05) is 22.8 Å². The number of nitrogens with one attached hydrogen (secondary N) is 1. The van der Waals surface area contributed by atoms with E-state index in [4.69, 9.17) is 16.4 Å². The van der Waals surface area contributed by atoms with Gasteiger partial charge in [0.15, 0.2) is 5.60 Å². The van der Waals surface area contributed by atoms with Crippen LogP contribution in [0.5, 0.6) is 0 Å². The molecule has 0 aromatic heterocycles. The number of carbonyl (C=O) groups excluding carboxylic acids is 1. The summed E-state index contributed by atoms with van der Waals surface area (Å²) in [4.78, 5) is 18.0. The molecule has 0 radical (unpaired) electrons. The maximum absolute atomic E-state index is 12.4. The summed E-state index contributed by atoms with van der Waals surface area (Å²) < 4.78 is 27.3. The standard InChI is InChI=1S/C16H21ClN4O4S/c1-20(2)26(23,24)21-8-4-7-16(11-21)10-14(19-25-16)15(22)18-13-6-3-5-12(17)9-13/h3,5-6,9H,4,7-8,10-11H2,1-2H3,(H,18,22). The lowest BCUT2D eigenvalue weighted by Crippen LogP contribution is -2.53. The van der Waals surface area contributed by atoms with Crippen LogP contribution in [0.25, 0.3) is 0 Å². The van der Waals surface area contributed by atoms with E-state index in [0.717, 1.165) is 0 Å². The topological polar surface area (TPSA) is 91.3 Å². The summed E-state index contributed by atoms with van der Waals surface area (Å²) in [6, 6.07) is 6.81. The van der Waals surface area contributed by atoms with E-state index >= 15 is 0 Å². The molecule has 0 bridgehead atoms. The smallest absolute Gasteiger partial charge is 0.281 e. The van der Waals surface area contributed by atoms with Gasteiger partial charge in [0, 0.05) is 37.8 Å². The molecule has 1 aromatic carbocycles. The molecule has 0 aliphatic carbocycles. The van der Waals surface area contributed by atoms with Crippen molar-refractivity contribution in [1.29, 1.82) is 0 Å². The Morgan fingerprint density at radius 3 is 2.88 bits per heavy atom. The van der Waals surface area contributed by atoms with E-state index in [0.29, 0.717) is 30.1 Å². The summed E-state index contributed by atoms with van der Waals surface area (Å²) >= 11 is 5.92.